The van der Waals surface area contributed by atoms with Crippen molar-refractivity contribution in [3.05, 3.63) is 42.1 Å². The van der Waals surface area contributed by atoms with E-state index in [1.807, 2.05) is 0 Å². The zero-order chi connectivity index (χ0) is 17.7. The highest BCUT2D eigenvalue weighted by Gasteiger charge is 2.37. The SMILES string of the molecule is Cn1nc(-c2ccc(S(N)(=O)=O)c(C(F)(F)F)c2)c2ncccc21. The van der Waals surface area contributed by atoms with Crippen molar-refractivity contribution < 1.29 is 21.6 Å². The van der Waals surface area contributed by atoms with Crippen LogP contribution in [0.25, 0.3) is 22.3 Å². The third kappa shape index (κ3) is 2.74. The van der Waals surface area contributed by atoms with Gasteiger partial charge in [0.15, 0.2) is 0 Å². The highest BCUT2D eigenvalue weighted by molar-refractivity contribution is 7.89. The summed E-state index contributed by atoms with van der Waals surface area (Å²) in [6.45, 7) is 0. The molecule has 3 rings (SSSR count). The summed E-state index contributed by atoms with van der Waals surface area (Å²) in [7, 11) is -2.88. The van der Waals surface area contributed by atoms with E-state index in [-0.39, 0.29) is 11.3 Å². The van der Waals surface area contributed by atoms with Gasteiger partial charge in [-0.05, 0) is 24.3 Å². The van der Waals surface area contributed by atoms with E-state index in [9.17, 15) is 21.6 Å². The maximum atomic E-state index is 13.2. The van der Waals surface area contributed by atoms with E-state index >= 15 is 0 Å². The van der Waals surface area contributed by atoms with Crippen molar-refractivity contribution in [2.45, 2.75) is 11.1 Å². The molecule has 10 heteroatoms. The molecule has 0 saturated heterocycles. The van der Waals surface area contributed by atoms with Gasteiger partial charge >= 0.3 is 6.18 Å². The molecule has 126 valence electrons. The molecule has 0 saturated carbocycles. The predicted octanol–water partition coefficient (Wildman–Crippen LogP) is 2.30. The number of hydrogen-bond donors (Lipinski definition) is 1. The molecular formula is C14H11F3N4O2S. The zero-order valence-corrected chi connectivity index (χ0v) is 13.1. The number of nitrogens with two attached hydrogens (primary N) is 1. The Morgan fingerprint density at radius 2 is 1.92 bits per heavy atom. The van der Waals surface area contributed by atoms with E-state index in [1.165, 1.54) is 16.9 Å². The second kappa shape index (κ2) is 5.28. The van der Waals surface area contributed by atoms with Gasteiger partial charge < -0.3 is 0 Å². The van der Waals surface area contributed by atoms with Crippen molar-refractivity contribution in [1.82, 2.24) is 14.8 Å². The lowest BCUT2D eigenvalue weighted by Gasteiger charge is -2.12. The maximum Gasteiger partial charge on any atom is 0.417 e. The number of aryl methyl sites for hydroxylation is 1. The Morgan fingerprint density at radius 1 is 1.21 bits per heavy atom. The lowest BCUT2D eigenvalue weighted by molar-refractivity contribution is -0.139. The number of fused-ring (bicyclic) bond motifs is 1. The molecule has 2 heterocycles. The quantitative estimate of drug-likeness (QED) is 0.763. The Balaban J connectivity index is 2.30. The fourth-order valence-electron chi connectivity index (χ4n) is 2.43. The standard InChI is InChI=1S/C14H11F3N4O2S/c1-21-10-3-2-6-19-13(10)12(20-21)8-4-5-11(24(18,22)23)9(7-8)14(15,16)17/h2-7H,1H3,(H2,18,22,23). The molecule has 0 radical (unpaired) electrons. The third-order valence-corrected chi connectivity index (χ3v) is 4.44. The van der Waals surface area contributed by atoms with Crippen molar-refractivity contribution in [3.8, 4) is 11.3 Å². The van der Waals surface area contributed by atoms with Crippen molar-refractivity contribution in [2.24, 2.45) is 12.2 Å². The van der Waals surface area contributed by atoms with Crippen molar-refractivity contribution in [2.75, 3.05) is 0 Å². The Kier molecular flexibility index (Phi) is 3.61. The van der Waals surface area contributed by atoms with E-state index in [4.69, 9.17) is 5.14 Å². The average molecular weight is 356 g/mol. The lowest BCUT2D eigenvalue weighted by atomic mass is 10.1. The van der Waals surface area contributed by atoms with Crippen molar-refractivity contribution >= 4 is 21.1 Å². The van der Waals surface area contributed by atoms with Crippen molar-refractivity contribution in [1.29, 1.82) is 0 Å². The number of rotatable bonds is 2. The number of primary sulfonamides is 1. The van der Waals surface area contributed by atoms with Gasteiger partial charge in [-0.2, -0.15) is 18.3 Å². The molecule has 2 N–H and O–H groups in total. The summed E-state index contributed by atoms with van der Waals surface area (Å²) in [6.07, 6.45) is -3.38. The highest BCUT2D eigenvalue weighted by Crippen LogP contribution is 2.37. The van der Waals surface area contributed by atoms with Gasteiger partial charge in [-0.1, -0.05) is 6.07 Å². The van der Waals surface area contributed by atoms with Gasteiger partial charge in [0.25, 0.3) is 0 Å². The first-order valence-corrected chi connectivity index (χ1v) is 8.16. The van der Waals surface area contributed by atoms with E-state index in [0.29, 0.717) is 11.0 Å². The lowest BCUT2D eigenvalue weighted by Crippen LogP contribution is -2.19. The molecule has 0 amide bonds. The first kappa shape index (κ1) is 16.4. The Morgan fingerprint density at radius 3 is 2.54 bits per heavy atom. The largest absolute Gasteiger partial charge is 0.417 e. The van der Waals surface area contributed by atoms with Crippen LogP contribution in [0.1, 0.15) is 5.56 Å². The molecule has 24 heavy (non-hydrogen) atoms. The molecule has 0 aliphatic carbocycles. The number of pyridine rings is 1. The minimum Gasteiger partial charge on any atom is -0.266 e. The normalized spacial score (nSPS) is 12.7. The molecule has 0 unspecified atom stereocenters. The number of sulfonamides is 1. The first-order chi connectivity index (χ1) is 11.1. The zero-order valence-electron chi connectivity index (χ0n) is 12.2. The Labute approximate surface area is 134 Å². The summed E-state index contributed by atoms with van der Waals surface area (Å²) in [5.74, 6) is 0. The molecule has 0 aliphatic rings. The van der Waals surface area contributed by atoms with Crippen LogP contribution in [0.2, 0.25) is 0 Å². The van der Waals surface area contributed by atoms with Crippen LogP contribution in [-0.4, -0.2) is 23.2 Å². The molecule has 0 aliphatic heterocycles. The number of hydrogen-bond acceptors (Lipinski definition) is 4. The molecule has 2 aromatic heterocycles. The maximum absolute atomic E-state index is 13.2. The number of benzene rings is 1. The van der Waals surface area contributed by atoms with E-state index in [2.05, 4.69) is 10.1 Å². The molecule has 3 aromatic rings. The number of halogens is 3. The minimum absolute atomic E-state index is 0.0963. The molecule has 0 fully saturated rings. The summed E-state index contributed by atoms with van der Waals surface area (Å²) in [4.78, 5) is 3.15. The second-order valence-corrected chi connectivity index (χ2v) is 6.63. The molecule has 0 bridgehead atoms. The molecule has 0 spiro atoms. The van der Waals surface area contributed by atoms with Crippen LogP contribution in [0.3, 0.4) is 0 Å². The van der Waals surface area contributed by atoms with Gasteiger partial charge in [0, 0.05) is 18.8 Å². The molecular weight excluding hydrogens is 345 g/mol. The van der Waals surface area contributed by atoms with E-state index < -0.39 is 26.7 Å². The summed E-state index contributed by atoms with van der Waals surface area (Å²) in [5.41, 5.74) is 0.0314. The van der Waals surface area contributed by atoms with Gasteiger partial charge in [-0.15, -0.1) is 0 Å². The molecule has 0 atom stereocenters. The number of nitrogens with zero attached hydrogens (tertiary/aromatic N) is 3. The molecule has 1 aromatic carbocycles. The van der Waals surface area contributed by atoms with Crippen LogP contribution >= 0.6 is 0 Å². The number of alkyl halides is 3. The average Bonchev–Trinajstić information content (AvgIpc) is 2.83. The second-order valence-electron chi connectivity index (χ2n) is 5.10. The summed E-state index contributed by atoms with van der Waals surface area (Å²) < 4.78 is 64.0. The first-order valence-electron chi connectivity index (χ1n) is 6.61. The van der Waals surface area contributed by atoms with Crippen LogP contribution in [0, 0.1) is 0 Å². The summed E-state index contributed by atoms with van der Waals surface area (Å²) in [6, 6.07) is 6.18. The van der Waals surface area contributed by atoms with Crippen LogP contribution in [0.4, 0.5) is 13.2 Å². The van der Waals surface area contributed by atoms with Crippen LogP contribution in [0.5, 0.6) is 0 Å². The molecule has 6 nitrogen and oxygen atoms in total. The topological polar surface area (TPSA) is 90.9 Å². The van der Waals surface area contributed by atoms with Crippen LogP contribution in [0.15, 0.2) is 41.4 Å². The van der Waals surface area contributed by atoms with Gasteiger partial charge in [-0.3, -0.25) is 9.67 Å². The fourth-order valence-corrected chi connectivity index (χ4v) is 3.17. The van der Waals surface area contributed by atoms with Gasteiger partial charge in [0.2, 0.25) is 10.0 Å². The van der Waals surface area contributed by atoms with E-state index in [1.54, 1.807) is 19.2 Å². The van der Waals surface area contributed by atoms with Gasteiger partial charge in [-0.25, -0.2) is 13.6 Å². The minimum atomic E-state index is -4.88. The predicted molar refractivity (Wildman–Crippen MR) is 80.3 cm³/mol. The van der Waals surface area contributed by atoms with Gasteiger partial charge in [0.1, 0.15) is 11.2 Å². The smallest absolute Gasteiger partial charge is 0.266 e. The Hall–Kier alpha value is -2.46. The summed E-state index contributed by atoms with van der Waals surface area (Å²) in [5, 5.41) is 9.06. The van der Waals surface area contributed by atoms with E-state index in [0.717, 1.165) is 12.1 Å². The fraction of sp³-hybridized carbons (Fsp3) is 0.143. The third-order valence-electron chi connectivity index (χ3n) is 3.47. The summed E-state index contributed by atoms with van der Waals surface area (Å²) >= 11 is 0. The van der Waals surface area contributed by atoms with Gasteiger partial charge in [0.05, 0.1) is 16.0 Å². The Bertz CT molecular complexity index is 1040. The highest BCUT2D eigenvalue weighted by atomic mass is 32.2. The monoisotopic (exact) mass is 356 g/mol. The van der Waals surface area contributed by atoms with Crippen molar-refractivity contribution in [3.63, 3.8) is 0 Å². The number of aromatic nitrogens is 3. The van der Waals surface area contributed by atoms with Crippen LogP contribution in [-0.2, 0) is 23.2 Å². The van der Waals surface area contributed by atoms with Crippen LogP contribution < -0.4 is 5.14 Å².